The van der Waals surface area contributed by atoms with Crippen LogP contribution in [0.5, 0.6) is 0 Å². The highest BCUT2D eigenvalue weighted by Crippen LogP contribution is 2.24. The Labute approximate surface area is 99.0 Å². The van der Waals surface area contributed by atoms with E-state index < -0.39 is 10.7 Å². The van der Waals surface area contributed by atoms with Crippen LogP contribution in [0.3, 0.4) is 0 Å². The molecule has 17 heavy (non-hydrogen) atoms. The number of nitro groups is 1. The molecule has 90 valence electrons. The van der Waals surface area contributed by atoms with Gasteiger partial charge in [-0.15, -0.1) is 12.3 Å². The van der Waals surface area contributed by atoms with Crippen LogP contribution in [0.15, 0.2) is 18.2 Å². The highest BCUT2D eigenvalue weighted by atomic mass is 19.1. The number of unbranched alkanes of at least 4 members (excludes halogenated alkanes) is 2. The van der Waals surface area contributed by atoms with Gasteiger partial charge in [-0.25, -0.2) is 4.39 Å². The van der Waals surface area contributed by atoms with Crippen LogP contribution in [0.25, 0.3) is 0 Å². The Morgan fingerprint density at radius 3 is 2.88 bits per heavy atom. The van der Waals surface area contributed by atoms with Crippen molar-refractivity contribution in [3.05, 3.63) is 34.1 Å². The lowest BCUT2D eigenvalue weighted by Crippen LogP contribution is -2.04. The summed E-state index contributed by atoms with van der Waals surface area (Å²) >= 11 is 0. The molecule has 0 saturated heterocycles. The highest BCUT2D eigenvalue weighted by Gasteiger charge is 2.13. The van der Waals surface area contributed by atoms with Crippen LogP contribution in [0.1, 0.15) is 19.3 Å². The largest absolute Gasteiger partial charge is 0.379 e. The number of nitro benzene ring substituents is 1. The van der Waals surface area contributed by atoms with Gasteiger partial charge in [-0.1, -0.05) is 0 Å². The number of benzene rings is 1. The lowest BCUT2D eigenvalue weighted by Gasteiger charge is -2.06. The van der Waals surface area contributed by atoms with E-state index in [2.05, 4.69) is 11.2 Å². The average molecular weight is 236 g/mol. The Balaban J connectivity index is 2.60. The second-order valence-corrected chi connectivity index (χ2v) is 3.51. The molecule has 0 radical (unpaired) electrons. The van der Waals surface area contributed by atoms with Gasteiger partial charge in [-0.05, 0) is 18.9 Å². The second kappa shape index (κ2) is 6.48. The molecule has 1 N–H and O–H groups in total. The molecule has 5 heteroatoms. The highest BCUT2D eigenvalue weighted by molar-refractivity contribution is 5.61. The van der Waals surface area contributed by atoms with Crippen molar-refractivity contribution in [2.75, 3.05) is 11.9 Å². The Morgan fingerprint density at radius 1 is 1.47 bits per heavy atom. The maximum absolute atomic E-state index is 13.0. The van der Waals surface area contributed by atoms with Crippen molar-refractivity contribution in [3.63, 3.8) is 0 Å². The zero-order valence-corrected chi connectivity index (χ0v) is 9.28. The number of halogens is 1. The summed E-state index contributed by atoms with van der Waals surface area (Å²) in [7, 11) is 0. The van der Waals surface area contributed by atoms with Gasteiger partial charge in [0.15, 0.2) is 0 Å². The molecule has 1 rings (SSSR count). The molecule has 4 nitrogen and oxygen atoms in total. The quantitative estimate of drug-likeness (QED) is 0.357. The first-order valence-corrected chi connectivity index (χ1v) is 5.26. The summed E-state index contributed by atoms with van der Waals surface area (Å²) < 4.78 is 13.0. The number of nitrogens with zero attached hydrogens (tertiary/aromatic N) is 1. The molecule has 0 aliphatic heterocycles. The maximum atomic E-state index is 13.0. The fourth-order valence-corrected chi connectivity index (χ4v) is 1.38. The van der Waals surface area contributed by atoms with Crippen LogP contribution >= 0.6 is 0 Å². The van der Waals surface area contributed by atoms with Crippen molar-refractivity contribution in [2.24, 2.45) is 0 Å². The van der Waals surface area contributed by atoms with E-state index in [9.17, 15) is 14.5 Å². The smallest absolute Gasteiger partial charge is 0.292 e. The van der Waals surface area contributed by atoms with E-state index in [1.165, 1.54) is 0 Å². The number of hydrogen-bond acceptors (Lipinski definition) is 3. The SMILES string of the molecule is C#CCCCCNc1cc(F)ccc1[N+](=O)[O-]. The molecule has 0 unspecified atom stereocenters. The monoisotopic (exact) mass is 236 g/mol. The zero-order chi connectivity index (χ0) is 12.7. The molecule has 0 aliphatic rings. The summed E-state index contributed by atoms with van der Waals surface area (Å²) in [6.45, 7) is 0.534. The van der Waals surface area contributed by atoms with Crippen LogP contribution in [0, 0.1) is 28.3 Å². The predicted molar refractivity (Wildman–Crippen MR) is 64.2 cm³/mol. The summed E-state index contributed by atoms with van der Waals surface area (Å²) in [4.78, 5) is 10.1. The van der Waals surface area contributed by atoms with Crippen molar-refractivity contribution in [1.29, 1.82) is 0 Å². The first-order valence-electron chi connectivity index (χ1n) is 5.26. The molecule has 1 aromatic carbocycles. The number of terminal acetylenes is 1. The molecule has 0 amide bonds. The van der Waals surface area contributed by atoms with Gasteiger partial charge in [-0.2, -0.15) is 0 Å². The number of anilines is 1. The normalized spacial score (nSPS) is 9.65. The lowest BCUT2D eigenvalue weighted by molar-refractivity contribution is -0.384. The summed E-state index contributed by atoms with van der Waals surface area (Å²) in [5.41, 5.74) is 0.0825. The van der Waals surface area contributed by atoms with E-state index >= 15 is 0 Å². The van der Waals surface area contributed by atoms with Crippen LogP contribution < -0.4 is 5.32 Å². The van der Waals surface area contributed by atoms with E-state index in [4.69, 9.17) is 6.42 Å². The Kier molecular flexibility index (Phi) is 4.95. The Hall–Kier alpha value is -2.09. The van der Waals surface area contributed by atoms with Crippen molar-refractivity contribution < 1.29 is 9.31 Å². The predicted octanol–water partition coefficient (Wildman–Crippen LogP) is 2.95. The summed E-state index contributed by atoms with van der Waals surface area (Å²) in [6, 6.07) is 3.35. The number of nitrogens with one attached hydrogen (secondary N) is 1. The molecule has 0 heterocycles. The first kappa shape index (κ1) is 13.0. The van der Waals surface area contributed by atoms with Gasteiger partial charge >= 0.3 is 0 Å². The molecular formula is C12H13FN2O2. The van der Waals surface area contributed by atoms with Crippen molar-refractivity contribution in [3.8, 4) is 12.3 Å². The van der Waals surface area contributed by atoms with E-state index in [0.29, 0.717) is 13.0 Å². The summed E-state index contributed by atoms with van der Waals surface area (Å²) in [5.74, 6) is 2.01. The van der Waals surface area contributed by atoms with E-state index in [-0.39, 0.29) is 11.4 Å². The summed E-state index contributed by atoms with van der Waals surface area (Å²) in [5, 5.41) is 13.5. The molecule has 0 aliphatic carbocycles. The molecular weight excluding hydrogens is 223 g/mol. The molecule has 0 aromatic heterocycles. The van der Waals surface area contributed by atoms with Crippen LogP contribution in [0.2, 0.25) is 0 Å². The van der Waals surface area contributed by atoms with Crippen LogP contribution in [0.4, 0.5) is 15.8 Å². The summed E-state index contributed by atoms with van der Waals surface area (Å²) in [6.07, 6.45) is 7.40. The minimum absolute atomic E-state index is 0.122. The molecule has 1 aromatic rings. The molecule has 0 bridgehead atoms. The number of rotatable bonds is 6. The van der Waals surface area contributed by atoms with Gasteiger partial charge in [0.2, 0.25) is 0 Å². The standard InChI is InChI=1S/C12H13FN2O2/c1-2-3-4-5-8-14-11-9-10(13)6-7-12(11)15(16)17/h1,6-7,9,14H,3-5,8H2. The lowest BCUT2D eigenvalue weighted by atomic mass is 10.2. The molecule has 0 saturated carbocycles. The molecule has 0 spiro atoms. The average Bonchev–Trinajstić information content (AvgIpc) is 2.28. The Morgan fingerprint density at radius 2 is 2.24 bits per heavy atom. The van der Waals surface area contributed by atoms with Gasteiger partial charge in [0, 0.05) is 25.1 Å². The third-order valence-corrected chi connectivity index (χ3v) is 2.22. The zero-order valence-electron chi connectivity index (χ0n) is 9.28. The number of hydrogen-bond donors (Lipinski definition) is 1. The fraction of sp³-hybridized carbons (Fsp3) is 0.333. The van der Waals surface area contributed by atoms with Crippen LogP contribution in [-0.2, 0) is 0 Å². The first-order chi connectivity index (χ1) is 8.15. The van der Waals surface area contributed by atoms with Crippen molar-refractivity contribution in [1.82, 2.24) is 0 Å². The van der Waals surface area contributed by atoms with E-state index in [1.54, 1.807) is 0 Å². The van der Waals surface area contributed by atoms with Crippen molar-refractivity contribution in [2.45, 2.75) is 19.3 Å². The van der Waals surface area contributed by atoms with Gasteiger partial charge in [0.05, 0.1) is 4.92 Å². The maximum Gasteiger partial charge on any atom is 0.292 e. The minimum atomic E-state index is -0.538. The van der Waals surface area contributed by atoms with Crippen LogP contribution in [-0.4, -0.2) is 11.5 Å². The van der Waals surface area contributed by atoms with Gasteiger partial charge in [-0.3, -0.25) is 10.1 Å². The fourth-order valence-electron chi connectivity index (χ4n) is 1.38. The topological polar surface area (TPSA) is 55.2 Å². The molecule has 0 atom stereocenters. The second-order valence-electron chi connectivity index (χ2n) is 3.51. The Bertz CT molecular complexity index is 441. The van der Waals surface area contributed by atoms with Crippen molar-refractivity contribution >= 4 is 11.4 Å². The van der Waals surface area contributed by atoms with E-state index in [0.717, 1.165) is 31.0 Å². The van der Waals surface area contributed by atoms with Gasteiger partial charge < -0.3 is 5.32 Å². The third-order valence-electron chi connectivity index (χ3n) is 2.22. The molecule has 0 fully saturated rings. The van der Waals surface area contributed by atoms with Gasteiger partial charge in [0.1, 0.15) is 11.5 Å². The minimum Gasteiger partial charge on any atom is -0.379 e. The third kappa shape index (κ3) is 4.11. The van der Waals surface area contributed by atoms with Gasteiger partial charge in [0.25, 0.3) is 5.69 Å². The van der Waals surface area contributed by atoms with E-state index in [1.807, 2.05) is 0 Å².